The molecule has 0 spiro atoms. The SMILES string of the molecule is CC(NC(=O)c1ccc(Br)c(Cl)c1)c1ccc(Cl)c(Cl)c1. The highest BCUT2D eigenvalue weighted by Crippen LogP contribution is 2.26. The van der Waals surface area contributed by atoms with E-state index >= 15 is 0 Å². The van der Waals surface area contributed by atoms with Crippen LogP contribution in [-0.2, 0) is 0 Å². The summed E-state index contributed by atoms with van der Waals surface area (Å²) in [6, 6.07) is 10.1. The summed E-state index contributed by atoms with van der Waals surface area (Å²) >= 11 is 21.1. The second-order valence-electron chi connectivity index (χ2n) is 4.50. The quantitative estimate of drug-likeness (QED) is 0.674. The Balaban J connectivity index is 2.14. The maximum Gasteiger partial charge on any atom is 0.251 e. The van der Waals surface area contributed by atoms with Gasteiger partial charge in [0.1, 0.15) is 0 Å². The predicted molar refractivity (Wildman–Crippen MR) is 91.5 cm³/mol. The molecule has 2 nitrogen and oxygen atoms in total. The molecule has 0 aliphatic carbocycles. The summed E-state index contributed by atoms with van der Waals surface area (Å²) in [4.78, 5) is 12.2. The number of hydrogen-bond acceptors (Lipinski definition) is 1. The van der Waals surface area contributed by atoms with Gasteiger partial charge in [-0.3, -0.25) is 4.79 Å². The lowest BCUT2D eigenvalue weighted by Gasteiger charge is -2.15. The zero-order valence-electron chi connectivity index (χ0n) is 11.0. The predicted octanol–water partition coefficient (Wildman–Crippen LogP) is 5.90. The molecule has 1 amide bonds. The molecule has 2 rings (SSSR count). The lowest BCUT2D eigenvalue weighted by Crippen LogP contribution is -2.26. The first kappa shape index (κ1) is 16.6. The smallest absolute Gasteiger partial charge is 0.251 e. The molecule has 21 heavy (non-hydrogen) atoms. The number of nitrogens with one attached hydrogen (secondary N) is 1. The summed E-state index contributed by atoms with van der Waals surface area (Å²) in [6.07, 6.45) is 0. The maximum absolute atomic E-state index is 12.2. The monoisotopic (exact) mass is 405 g/mol. The van der Waals surface area contributed by atoms with Crippen molar-refractivity contribution in [3.63, 3.8) is 0 Å². The van der Waals surface area contributed by atoms with Crippen LogP contribution in [0.15, 0.2) is 40.9 Å². The summed E-state index contributed by atoms with van der Waals surface area (Å²) < 4.78 is 0.748. The molecule has 0 aliphatic rings. The van der Waals surface area contributed by atoms with Crippen molar-refractivity contribution in [1.29, 1.82) is 0 Å². The molecule has 0 radical (unpaired) electrons. The zero-order valence-corrected chi connectivity index (χ0v) is 14.8. The third-order valence-corrected chi connectivity index (χ3v) is 4.94. The van der Waals surface area contributed by atoms with Crippen LogP contribution in [0.4, 0.5) is 0 Å². The molecular weight excluding hydrogens is 396 g/mol. The lowest BCUT2D eigenvalue weighted by molar-refractivity contribution is 0.0940. The third kappa shape index (κ3) is 4.13. The average Bonchev–Trinajstić information content (AvgIpc) is 2.44. The molecule has 110 valence electrons. The molecule has 1 atom stereocenters. The van der Waals surface area contributed by atoms with E-state index in [0.717, 1.165) is 10.0 Å². The van der Waals surface area contributed by atoms with Gasteiger partial charge in [-0.25, -0.2) is 0 Å². The van der Waals surface area contributed by atoms with E-state index in [1.165, 1.54) is 0 Å². The molecule has 0 saturated heterocycles. The Morgan fingerprint density at radius 1 is 1.05 bits per heavy atom. The number of carbonyl (C=O) groups excluding carboxylic acids is 1. The van der Waals surface area contributed by atoms with Crippen molar-refractivity contribution < 1.29 is 4.79 Å². The molecule has 0 bridgehead atoms. The maximum atomic E-state index is 12.2. The number of carbonyl (C=O) groups is 1. The van der Waals surface area contributed by atoms with E-state index in [2.05, 4.69) is 21.2 Å². The van der Waals surface area contributed by atoms with Crippen molar-refractivity contribution in [2.24, 2.45) is 0 Å². The van der Waals surface area contributed by atoms with E-state index < -0.39 is 0 Å². The molecule has 0 saturated carbocycles. The van der Waals surface area contributed by atoms with Gasteiger partial charge in [-0.15, -0.1) is 0 Å². The molecule has 1 unspecified atom stereocenters. The Labute approximate surface area is 146 Å². The zero-order chi connectivity index (χ0) is 15.6. The third-order valence-electron chi connectivity index (χ3n) is 2.97. The first-order chi connectivity index (χ1) is 9.88. The molecule has 6 heteroatoms. The summed E-state index contributed by atoms with van der Waals surface area (Å²) in [5.74, 6) is -0.206. The van der Waals surface area contributed by atoms with Gasteiger partial charge in [0.15, 0.2) is 0 Å². The van der Waals surface area contributed by atoms with Crippen LogP contribution in [0.3, 0.4) is 0 Å². The highest BCUT2D eigenvalue weighted by Gasteiger charge is 2.13. The Kier molecular flexibility index (Phi) is 5.55. The van der Waals surface area contributed by atoms with Crippen molar-refractivity contribution in [3.8, 4) is 0 Å². The Hall–Kier alpha value is -0.740. The molecule has 0 aromatic heterocycles. The van der Waals surface area contributed by atoms with Gasteiger partial charge in [0.05, 0.1) is 21.1 Å². The molecule has 0 fully saturated rings. The highest BCUT2D eigenvalue weighted by molar-refractivity contribution is 9.10. The normalized spacial score (nSPS) is 12.0. The van der Waals surface area contributed by atoms with Gasteiger partial charge in [0.2, 0.25) is 0 Å². The van der Waals surface area contributed by atoms with Crippen LogP contribution in [0, 0.1) is 0 Å². The number of hydrogen-bond donors (Lipinski definition) is 1. The van der Waals surface area contributed by atoms with E-state index in [4.69, 9.17) is 34.8 Å². The molecule has 1 N–H and O–H groups in total. The van der Waals surface area contributed by atoms with Gasteiger partial charge in [-0.2, -0.15) is 0 Å². The molecule has 2 aromatic carbocycles. The average molecular weight is 408 g/mol. The van der Waals surface area contributed by atoms with Gasteiger partial charge in [0, 0.05) is 10.0 Å². The largest absolute Gasteiger partial charge is 0.346 e. The van der Waals surface area contributed by atoms with Gasteiger partial charge in [-0.05, 0) is 58.7 Å². The van der Waals surface area contributed by atoms with Crippen LogP contribution >= 0.6 is 50.7 Å². The second-order valence-corrected chi connectivity index (χ2v) is 6.57. The summed E-state index contributed by atoms with van der Waals surface area (Å²) in [5.41, 5.74) is 1.37. The molecule has 0 heterocycles. The van der Waals surface area contributed by atoms with Crippen LogP contribution in [0.2, 0.25) is 15.1 Å². The number of amides is 1. The first-order valence-electron chi connectivity index (χ1n) is 6.09. The van der Waals surface area contributed by atoms with E-state index in [1.54, 1.807) is 30.3 Å². The Morgan fingerprint density at radius 2 is 1.76 bits per heavy atom. The minimum atomic E-state index is -0.206. The fourth-order valence-electron chi connectivity index (χ4n) is 1.78. The number of rotatable bonds is 3. The van der Waals surface area contributed by atoms with E-state index in [1.807, 2.05) is 13.0 Å². The Bertz CT molecular complexity index is 691. The van der Waals surface area contributed by atoms with Crippen molar-refractivity contribution >= 4 is 56.6 Å². The van der Waals surface area contributed by atoms with E-state index in [0.29, 0.717) is 20.6 Å². The van der Waals surface area contributed by atoms with Crippen LogP contribution in [-0.4, -0.2) is 5.91 Å². The van der Waals surface area contributed by atoms with Gasteiger partial charge < -0.3 is 5.32 Å². The fourth-order valence-corrected chi connectivity index (χ4v) is 2.52. The number of halogens is 4. The minimum absolute atomic E-state index is 0.199. The second kappa shape index (κ2) is 7.01. The molecular formula is C15H11BrCl3NO. The van der Waals surface area contributed by atoms with Crippen LogP contribution in [0.1, 0.15) is 28.9 Å². The van der Waals surface area contributed by atoms with Gasteiger partial charge in [-0.1, -0.05) is 40.9 Å². The summed E-state index contributed by atoms with van der Waals surface area (Å²) in [7, 11) is 0. The van der Waals surface area contributed by atoms with Crippen molar-refractivity contribution in [2.75, 3.05) is 0 Å². The van der Waals surface area contributed by atoms with Crippen LogP contribution < -0.4 is 5.32 Å². The minimum Gasteiger partial charge on any atom is -0.346 e. The lowest BCUT2D eigenvalue weighted by atomic mass is 10.1. The molecule has 0 aliphatic heterocycles. The van der Waals surface area contributed by atoms with Crippen LogP contribution in [0.5, 0.6) is 0 Å². The van der Waals surface area contributed by atoms with Gasteiger partial charge in [0.25, 0.3) is 5.91 Å². The van der Waals surface area contributed by atoms with Gasteiger partial charge >= 0.3 is 0 Å². The van der Waals surface area contributed by atoms with E-state index in [-0.39, 0.29) is 11.9 Å². The highest BCUT2D eigenvalue weighted by atomic mass is 79.9. The molecule has 2 aromatic rings. The topological polar surface area (TPSA) is 29.1 Å². The van der Waals surface area contributed by atoms with Crippen LogP contribution in [0.25, 0.3) is 0 Å². The van der Waals surface area contributed by atoms with Crippen molar-refractivity contribution in [2.45, 2.75) is 13.0 Å². The van der Waals surface area contributed by atoms with Crippen molar-refractivity contribution in [1.82, 2.24) is 5.32 Å². The van der Waals surface area contributed by atoms with E-state index in [9.17, 15) is 4.79 Å². The summed E-state index contributed by atoms with van der Waals surface area (Å²) in [6.45, 7) is 1.87. The first-order valence-corrected chi connectivity index (χ1v) is 8.02. The summed E-state index contributed by atoms with van der Waals surface area (Å²) in [5, 5.41) is 4.33. The van der Waals surface area contributed by atoms with Crippen molar-refractivity contribution in [3.05, 3.63) is 67.1 Å². The number of benzene rings is 2. The standard InChI is InChI=1S/C15H11BrCl3NO/c1-8(9-3-5-12(17)14(19)6-9)20-15(21)10-2-4-11(16)13(18)7-10/h2-8H,1H3,(H,20,21). The fraction of sp³-hybridized carbons (Fsp3) is 0.133. The Morgan fingerprint density at radius 3 is 2.38 bits per heavy atom.